The molecule has 0 radical (unpaired) electrons. The Morgan fingerprint density at radius 1 is 1.05 bits per heavy atom. The maximum Gasteiger partial charge on any atom is 0.573 e. The van der Waals surface area contributed by atoms with Gasteiger partial charge in [-0.2, -0.15) is 5.10 Å². The number of alkyl halides is 3. The van der Waals surface area contributed by atoms with Crippen LogP contribution in [0.2, 0.25) is 0 Å². The van der Waals surface area contributed by atoms with Gasteiger partial charge in [0.2, 0.25) is 0 Å². The van der Waals surface area contributed by atoms with E-state index in [2.05, 4.69) is 14.9 Å². The van der Waals surface area contributed by atoms with Crippen molar-refractivity contribution < 1.29 is 32.2 Å². The smallest absolute Gasteiger partial charge is 0.447 e. The standard InChI is InChI=1S/C25H26F3N5O4/c1-17(2)36-24(35)31-12-13-32(20(16-31)14-18-6-4-3-5-7-18)23(34)33-29-15-22(30-33)19-8-10-21(11-9-19)37-25(26,27)28/h3-11,15,17,20H,12-14,16H2,1-2H3. The van der Waals surface area contributed by atoms with E-state index in [1.165, 1.54) is 18.3 Å². The largest absolute Gasteiger partial charge is 0.573 e. The van der Waals surface area contributed by atoms with Crippen LogP contribution in [-0.2, 0) is 11.2 Å². The molecule has 1 atom stereocenters. The lowest BCUT2D eigenvalue weighted by molar-refractivity contribution is -0.274. The van der Waals surface area contributed by atoms with E-state index < -0.39 is 18.5 Å². The summed E-state index contributed by atoms with van der Waals surface area (Å²) in [6, 6.07) is 13.9. The van der Waals surface area contributed by atoms with Gasteiger partial charge in [-0.15, -0.1) is 18.3 Å². The van der Waals surface area contributed by atoms with Crippen LogP contribution in [0.25, 0.3) is 11.3 Å². The molecule has 1 saturated heterocycles. The van der Waals surface area contributed by atoms with Gasteiger partial charge in [-0.1, -0.05) is 35.1 Å². The average molecular weight is 518 g/mol. The van der Waals surface area contributed by atoms with Gasteiger partial charge in [0, 0.05) is 25.2 Å². The number of piperazine rings is 1. The molecule has 196 valence electrons. The molecule has 2 amide bonds. The molecule has 4 rings (SSSR count). The van der Waals surface area contributed by atoms with Crippen molar-refractivity contribution in [2.75, 3.05) is 19.6 Å². The predicted octanol–water partition coefficient (Wildman–Crippen LogP) is 4.59. The summed E-state index contributed by atoms with van der Waals surface area (Å²) in [5.41, 5.74) is 1.78. The van der Waals surface area contributed by atoms with E-state index in [9.17, 15) is 22.8 Å². The minimum atomic E-state index is -4.79. The normalized spacial score (nSPS) is 16.1. The monoisotopic (exact) mass is 517 g/mol. The van der Waals surface area contributed by atoms with Crippen LogP contribution in [0.4, 0.5) is 22.8 Å². The van der Waals surface area contributed by atoms with Gasteiger partial charge in [0.25, 0.3) is 0 Å². The first-order valence-electron chi connectivity index (χ1n) is 11.7. The van der Waals surface area contributed by atoms with Gasteiger partial charge in [0.1, 0.15) is 11.4 Å². The molecule has 0 spiro atoms. The molecule has 0 aliphatic carbocycles. The topological polar surface area (TPSA) is 89.8 Å². The molecule has 0 bridgehead atoms. The van der Waals surface area contributed by atoms with Gasteiger partial charge in [-0.25, -0.2) is 9.59 Å². The third-order valence-electron chi connectivity index (χ3n) is 5.68. The molecule has 2 aromatic carbocycles. The van der Waals surface area contributed by atoms with E-state index in [0.29, 0.717) is 17.7 Å². The number of nitrogens with zero attached hydrogens (tertiary/aromatic N) is 5. The van der Waals surface area contributed by atoms with Crippen molar-refractivity contribution in [3.63, 3.8) is 0 Å². The first kappa shape index (κ1) is 26.0. The van der Waals surface area contributed by atoms with Crippen molar-refractivity contribution in [1.29, 1.82) is 0 Å². The number of ether oxygens (including phenoxy) is 2. The fourth-order valence-electron chi connectivity index (χ4n) is 4.04. The van der Waals surface area contributed by atoms with Crippen LogP contribution in [-0.4, -0.2) is 75.1 Å². The fourth-order valence-corrected chi connectivity index (χ4v) is 4.04. The van der Waals surface area contributed by atoms with Crippen LogP contribution in [0.5, 0.6) is 5.75 Å². The van der Waals surface area contributed by atoms with Crippen molar-refractivity contribution >= 4 is 12.1 Å². The number of carbonyl (C=O) groups excluding carboxylic acids is 2. The molecular weight excluding hydrogens is 491 g/mol. The lowest BCUT2D eigenvalue weighted by Crippen LogP contribution is -2.58. The summed E-state index contributed by atoms with van der Waals surface area (Å²) in [4.78, 5) is 30.1. The van der Waals surface area contributed by atoms with Crippen LogP contribution >= 0.6 is 0 Å². The summed E-state index contributed by atoms with van der Waals surface area (Å²) >= 11 is 0. The van der Waals surface area contributed by atoms with Crippen LogP contribution < -0.4 is 4.74 Å². The molecule has 0 saturated carbocycles. The summed E-state index contributed by atoms with van der Waals surface area (Å²) in [7, 11) is 0. The molecule has 1 aromatic heterocycles. The van der Waals surface area contributed by atoms with Crippen LogP contribution in [0.3, 0.4) is 0 Å². The number of benzene rings is 2. The lowest BCUT2D eigenvalue weighted by atomic mass is 10.0. The van der Waals surface area contributed by atoms with Crippen molar-refractivity contribution in [1.82, 2.24) is 24.8 Å². The van der Waals surface area contributed by atoms with Gasteiger partial charge in [-0.3, -0.25) is 0 Å². The second-order valence-electron chi connectivity index (χ2n) is 8.79. The van der Waals surface area contributed by atoms with E-state index in [1.807, 2.05) is 30.3 Å². The molecule has 0 N–H and O–H groups in total. The molecule has 1 fully saturated rings. The number of aromatic nitrogens is 3. The number of amides is 2. The molecule has 3 aromatic rings. The molecular formula is C25H26F3N5O4. The molecule has 1 unspecified atom stereocenters. The van der Waals surface area contributed by atoms with E-state index in [-0.39, 0.29) is 37.5 Å². The number of rotatable bonds is 5. The predicted molar refractivity (Wildman–Crippen MR) is 127 cm³/mol. The highest BCUT2D eigenvalue weighted by molar-refractivity contribution is 5.77. The Hall–Kier alpha value is -4.09. The Bertz CT molecular complexity index is 1220. The number of hydrogen-bond acceptors (Lipinski definition) is 6. The molecule has 1 aliphatic rings. The molecule has 1 aliphatic heterocycles. The summed E-state index contributed by atoms with van der Waals surface area (Å²) in [5, 5.41) is 8.32. The maximum absolute atomic E-state index is 13.4. The van der Waals surface area contributed by atoms with E-state index in [0.717, 1.165) is 22.5 Å². The van der Waals surface area contributed by atoms with Gasteiger partial charge >= 0.3 is 18.5 Å². The van der Waals surface area contributed by atoms with Crippen LogP contribution in [0.1, 0.15) is 19.4 Å². The minimum Gasteiger partial charge on any atom is -0.447 e. The Balaban J connectivity index is 1.51. The van der Waals surface area contributed by atoms with Gasteiger partial charge in [0.05, 0.1) is 18.3 Å². The summed E-state index contributed by atoms with van der Waals surface area (Å²) in [6.45, 7) is 4.37. The summed E-state index contributed by atoms with van der Waals surface area (Å²) in [6.07, 6.45) is -3.62. The number of carbonyl (C=O) groups is 2. The van der Waals surface area contributed by atoms with E-state index >= 15 is 0 Å². The zero-order valence-electron chi connectivity index (χ0n) is 20.3. The zero-order valence-corrected chi connectivity index (χ0v) is 20.3. The van der Waals surface area contributed by atoms with Crippen molar-refractivity contribution in [2.24, 2.45) is 0 Å². The molecule has 2 heterocycles. The van der Waals surface area contributed by atoms with Crippen molar-refractivity contribution in [2.45, 2.75) is 38.8 Å². The number of hydrogen-bond donors (Lipinski definition) is 0. The maximum atomic E-state index is 13.4. The Kier molecular flexibility index (Phi) is 7.65. The second-order valence-corrected chi connectivity index (χ2v) is 8.79. The van der Waals surface area contributed by atoms with Gasteiger partial charge in [-0.05, 0) is 50.1 Å². The van der Waals surface area contributed by atoms with Crippen LogP contribution in [0.15, 0.2) is 60.8 Å². The number of halogens is 3. The van der Waals surface area contributed by atoms with Gasteiger partial charge < -0.3 is 19.3 Å². The second kappa shape index (κ2) is 10.9. The first-order valence-corrected chi connectivity index (χ1v) is 11.7. The van der Waals surface area contributed by atoms with Crippen molar-refractivity contribution in [3.8, 4) is 17.0 Å². The highest BCUT2D eigenvalue weighted by atomic mass is 19.4. The summed E-state index contributed by atoms with van der Waals surface area (Å²) in [5.74, 6) is -0.364. The fraction of sp³-hybridized carbons (Fsp3) is 0.360. The molecule has 12 heteroatoms. The third-order valence-corrected chi connectivity index (χ3v) is 5.68. The van der Waals surface area contributed by atoms with Crippen LogP contribution in [0, 0.1) is 0 Å². The summed E-state index contributed by atoms with van der Waals surface area (Å²) < 4.78 is 46.4. The first-order chi connectivity index (χ1) is 17.6. The van der Waals surface area contributed by atoms with Crippen molar-refractivity contribution in [3.05, 3.63) is 66.4 Å². The minimum absolute atomic E-state index is 0.254. The Morgan fingerprint density at radius 3 is 2.41 bits per heavy atom. The van der Waals surface area contributed by atoms with Gasteiger partial charge in [0.15, 0.2) is 0 Å². The Labute approximate surface area is 211 Å². The zero-order chi connectivity index (χ0) is 26.6. The SMILES string of the molecule is CC(C)OC(=O)N1CCN(C(=O)n2ncc(-c3ccc(OC(F)(F)F)cc3)n2)C(Cc2ccccc2)C1. The molecule has 37 heavy (non-hydrogen) atoms. The highest BCUT2D eigenvalue weighted by Crippen LogP contribution is 2.26. The molecule has 9 nitrogen and oxygen atoms in total. The average Bonchev–Trinajstić information content (AvgIpc) is 3.34. The van der Waals surface area contributed by atoms with E-state index in [4.69, 9.17) is 4.74 Å². The highest BCUT2D eigenvalue weighted by Gasteiger charge is 2.35. The van der Waals surface area contributed by atoms with E-state index in [1.54, 1.807) is 23.6 Å². The Morgan fingerprint density at radius 2 is 1.76 bits per heavy atom. The third kappa shape index (κ3) is 6.78. The lowest BCUT2D eigenvalue weighted by Gasteiger charge is -2.40. The quantitative estimate of drug-likeness (QED) is 0.492.